The van der Waals surface area contributed by atoms with E-state index in [9.17, 15) is 0 Å². The lowest BCUT2D eigenvalue weighted by molar-refractivity contribution is 0.863. The number of aryl methyl sites for hydroxylation is 1. The second-order valence-electron chi connectivity index (χ2n) is 3.41. The van der Waals surface area contributed by atoms with E-state index in [0.29, 0.717) is 0 Å². The zero-order valence-electron chi connectivity index (χ0n) is 8.66. The second kappa shape index (κ2) is 4.10. The topological polar surface area (TPSA) is 0 Å². The van der Waals surface area contributed by atoms with Gasteiger partial charge in [0.2, 0.25) is 0 Å². The molecule has 0 heteroatoms. The first-order chi connectivity index (χ1) is 6.68. The van der Waals surface area contributed by atoms with Gasteiger partial charge in [-0.05, 0) is 12.5 Å². The minimum Gasteiger partial charge on any atom is -0.102 e. The van der Waals surface area contributed by atoms with E-state index in [1.807, 2.05) is 18.2 Å². The molecule has 0 saturated heterocycles. The van der Waals surface area contributed by atoms with Crippen molar-refractivity contribution < 1.29 is 0 Å². The van der Waals surface area contributed by atoms with Crippen LogP contribution < -0.4 is 0 Å². The lowest BCUT2D eigenvalue weighted by Gasteiger charge is -2.23. The fourth-order valence-corrected chi connectivity index (χ4v) is 1.45. The van der Waals surface area contributed by atoms with Gasteiger partial charge in [-0.1, -0.05) is 48.1 Å². The largest absolute Gasteiger partial charge is 0.102 e. The lowest BCUT2D eigenvalue weighted by Crippen LogP contribution is -2.16. The Balaban J connectivity index is 3.24. The summed E-state index contributed by atoms with van der Waals surface area (Å²) in [6.45, 7) is 13.6. The van der Waals surface area contributed by atoms with Crippen LogP contribution in [-0.4, -0.2) is 0 Å². The molecular formula is C14H16. The van der Waals surface area contributed by atoms with Gasteiger partial charge in [-0.25, -0.2) is 0 Å². The van der Waals surface area contributed by atoms with Crippen molar-refractivity contribution >= 4 is 0 Å². The zero-order valence-corrected chi connectivity index (χ0v) is 8.66. The van der Waals surface area contributed by atoms with Crippen LogP contribution in [-0.2, 0) is 5.41 Å². The first-order valence-electron chi connectivity index (χ1n) is 4.66. The van der Waals surface area contributed by atoms with E-state index in [2.05, 4.69) is 50.9 Å². The molecule has 0 N–H and O–H groups in total. The zero-order chi connectivity index (χ0) is 10.6. The smallest absolute Gasteiger partial charge is 0.0485 e. The molecule has 1 aromatic carbocycles. The predicted octanol–water partition coefficient (Wildman–Crippen LogP) is 3.79. The minimum absolute atomic E-state index is 0.298. The van der Waals surface area contributed by atoms with Gasteiger partial charge in [-0.15, -0.1) is 19.7 Å². The van der Waals surface area contributed by atoms with Crippen LogP contribution in [0.2, 0.25) is 0 Å². The van der Waals surface area contributed by atoms with Gasteiger partial charge < -0.3 is 0 Å². The molecular weight excluding hydrogens is 168 g/mol. The number of hydrogen-bond donors (Lipinski definition) is 0. The Kier molecular flexibility index (Phi) is 3.08. The summed E-state index contributed by atoms with van der Waals surface area (Å²) in [6.07, 6.45) is 5.58. The summed E-state index contributed by atoms with van der Waals surface area (Å²) in [4.78, 5) is 0. The monoisotopic (exact) mass is 184 g/mol. The number of rotatable bonds is 4. The van der Waals surface area contributed by atoms with Crippen molar-refractivity contribution in [3.05, 3.63) is 73.4 Å². The third-order valence-corrected chi connectivity index (χ3v) is 2.56. The van der Waals surface area contributed by atoms with Crippen molar-refractivity contribution in [1.82, 2.24) is 0 Å². The van der Waals surface area contributed by atoms with E-state index < -0.39 is 0 Å². The Morgan fingerprint density at radius 3 is 1.71 bits per heavy atom. The van der Waals surface area contributed by atoms with Gasteiger partial charge in [-0.3, -0.25) is 0 Å². The van der Waals surface area contributed by atoms with E-state index in [-0.39, 0.29) is 5.41 Å². The van der Waals surface area contributed by atoms with E-state index >= 15 is 0 Å². The molecule has 14 heavy (non-hydrogen) atoms. The lowest BCUT2D eigenvalue weighted by atomic mass is 9.81. The maximum atomic E-state index is 3.83. The molecule has 0 unspecified atom stereocenters. The summed E-state index contributed by atoms with van der Waals surface area (Å²) < 4.78 is 0. The molecule has 0 aliphatic heterocycles. The van der Waals surface area contributed by atoms with Crippen LogP contribution in [0.4, 0.5) is 0 Å². The fourth-order valence-electron chi connectivity index (χ4n) is 1.45. The summed E-state index contributed by atoms with van der Waals surface area (Å²) in [7, 11) is 0. The maximum Gasteiger partial charge on any atom is 0.0485 e. The van der Waals surface area contributed by atoms with Gasteiger partial charge in [0.05, 0.1) is 0 Å². The van der Waals surface area contributed by atoms with Crippen molar-refractivity contribution in [2.24, 2.45) is 0 Å². The molecule has 0 spiro atoms. The standard InChI is InChI=1S/C14H16/c1-5-14(6-2,7-3)13-10-8-12(4)9-11-13/h5-11H,1-3H2,4H3. The molecule has 0 aliphatic carbocycles. The minimum atomic E-state index is -0.298. The number of allylic oxidation sites excluding steroid dienone is 3. The molecule has 0 aromatic heterocycles. The average Bonchev–Trinajstić information content (AvgIpc) is 2.24. The molecule has 0 fully saturated rings. The van der Waals surface area contributed by atoms with Gasteiger partial charge in [-0.2, -0.15) is 0 Å². The summed E-state index contributed by atoms with van der Waals surface area (Å²) in [6, 6.07) is 8.34. The van der Waals surface area contributed by atoms with Crippen molar-refractivity contribution in [2.45, 2.75) is 12.3 Å². The SMILES string of the molecule is C=CC(C=C)(C=C)c1ccc(C)cc1. The van der Waals surface area contributed by atoms with Gasteiger partial charge in [0.25, 0.3) is 0 Å². The van der Waals surface area contributed by atoms with E-state index in [1.165, 1.54) is 5.56 Å². The van der Waals surface area contributed by atoms with Crippen LogP contribution in [0, 0.1) is 6.92 Å². The molecule has 0 radical (unpaired) electrons. The van der Waals surface area contributed by atoms with Crippen molar-refractivity contribution in [2.75, 3.05) is 0 Å². The van der Waals surface area contributed by atoms with Gasteiger partial charge in [0.15, 0.2) is 0 Å². The Morgan fingerprint density at radius 1 is 0.929 bits per heavy atom. The summed E-state index contributed by atoms with van der Waals surface area (Å²) in [5.74, 6) is 0. The molecule has 0 atom stereocenters. The third kappa shape index (κ3) is 1.69. The van der Waals surface area contributed by atoms with Crippen molar-refractivity contribution in [3.63, 3.8) is 0 Å². The quantitative estimate of drug-likeness (QED) is 0.624. The Morgan fingerprint density at radius 2 is 1.36 bits per heavy atom. The van der Waals surface area contributed by atoms with Crippen LogP contribution in [0.3, 0.4) is 0 Å². The van der Waals surface area contributed by atoms with Gasteiger partial charge >= 0.3 is 0 Å². The molecule has 0 bridgehead atoms. The first-order valence-corrected chi connectivity index (χ1v) is 4.66. The molecule has 1 rings (SSSR count). The normalized spacial score (nSPS) is 10.6. The molecule has 0 aliphatic rings. The molecule has 0 nitrogen and oxygen atoms in total. The molecule has 72 valence electrons. The fraction of sp³-hybridized carbons (Fsp3) is 0.143. The average molecular weight is 184 g/mol. The predicted molar refractivity (Wildman–Crippen MR) is 63.4 cm³/mol. The van der Waals surface area contributed by atoms with Crippen LogP contribution in [0.15, 0.2) is 62.2 Å². The summed E-state index contributed by atoms with van der Waals surface area (Å²) in [5, 5.41) is 0. The molecule has 0 amide bonds. The van der Waals surface area contributed by atoms with Crippen molar-refractivity contribution in [1.29, 1.82) is 0 Å². The van der Waals surface area contributed by atoms with Crippen LogP contribution in [0.5, 0.6) is 0 Å². The Bertz CT molecular complexity index is 319. The van der Waals surface area contributed by atoms with Crippen LogP contribution >= 0.6 is 0 Å². The molecule has 0 heterocycles. The third-order valence-electron chi connectivity index (χ3n) is 2.56. The van der Waals surface area contributed by atoms with E-state index in [4.69, 9.17) is 0 Å². The maximum absolute atomic E-state index is 3.83. The number of hydrogen-bond acceptors (Lipinski definition) is 0. The summed E-state index contributed by atoms with van der Waals surface area (Å²) >= 11 is 0. The van der Waals surface area contributed by atoms with Gasteiger partial charge in [0.1, 0.15) is 0 Å². The van der Waals surface area contributed by atoms with Crippen LogP contribution in [0.25, 0.3) is 0 Å². The highest BCUT2D eigenvalue weighted by Gasteiger charge is 2.20. The van der Waals surface area contributed by atoms with Gasteiger partial charge in [0, 0.05) is 5.41 Å². The highest BCUT2D eigenvalue weighted by molar-refractivity contribution is 5.41. The molecule has 1 aromatic rings. The Hall–Kier alpha value is -1.56. The highest BCUT2D eigenvalue weighted by atomic mass is 14.2. The van der Waals surface area contributed by atoms with E-state index in [1.54, 1.807) is 0 Å². The second-order valence-corrected chi connectivity index (χ2v) is 3.41. The summed E-state index contributed by atoms with van der Waals surface area (Å²) in [5.41, 5.74) is 2.11. The molecule has 0 saturated carbocycles. The first kappa shape index (κ1) is 10.5. The highest BCUT2D eigenvalue weighted by Crippen LogP contribution is 2.28. The van der Waals surface area contributed by atoms with Crippen LogP contribution in [0.1, 0.15) is 11.1 Å². The Labute approximate surface area is 86.3 Å². The number of benzene rings is 1. The van der Waals surface area contributed by atoms with Crippen molar-refractivity contribution in [3.8, 4) is 0 Å². The van der Waals surface area contributed by atoms with E-state index in [0.717, 1.165) is 5.56 Å².